The van der Waals surface area contributed by atoms with Gasteiger partial charge in [0.15, 0.2) is 0 Å². The number of carbonyl (C=O) groups is 6. The Labute approximate surface area is 382 Å². The average Bonchev–Trinajstić information content (AvgIpc) is 3.71. The third-order valence-corrected chi connectivity index (χ3v) is 12.3. The van der Waals surface area contributed by atoms with E-state index in [-0.39, 0.29) is 60.3 Å². The number of hydrogen-bond donors (Lipinski definition) is 5. The zero-order valence-corrected chi connectivity index (χ0v) is 41.4. The van der Waals surface area contributed by atoms with Crippen LogP contribution < -0.4 is 27.2 Å². The second-order valence-corrected chi connectivity index (χ2v) is 18.9. The number of amides is 6. The number of rotatable bonds is 26. The van der Waals surface area contributed by atoms with E-state index in [0.717, 1.165) is 5.56 Å². The third-order valence-electron chi connectivity index (χ3n) is 12.3. The Morgan fingerprint density at radius 2 is 1.45 bits per heavy atom. The fourth-order valence-corrected chi connectivity index (χ4v) is 8.62. The van der Waals surface area contributed by atoms with Crippen LogP contribution in [0.15, 0.2) is 24.3 Å². The van der Waals surface area contributed by atoms with Crippen LogP contribution in [0.25, 0.3) is 0 Å². The van der Waals surface area contributed by atoms with Gasteiger partial charge in [-0.1, -0.05) is 80.9 Å². The molecule has 17 nitrogen and oxygen atoms in total. The van der Waals surface area contributed by atoms with Crippen molar-refractivity contribution >= 4 is 41.1 Å². The highest BCUT2D eigenvalue weighted by atomic mass is 16.7. The SMILES string of the molecule is CC[C@H](C)[C@@H]([C@@H](CC(=O)N1CCC[C@H]1[C@H](OC)[C@@H](C)C(=O)N[C@@H](CC(C)C)C(=O)NOCc1ccc(NC(=O)[C@@H](C)N)cc1)OC)N(C)C(=O)[C@@H](NC(=O)[C@H](C(C)C)N(C)C)C(C)C. The predicted molar refractivity (Wildman–Crippen MR) is 248 cm³/mol. The molecule has 1 saturated heterocycles. The van der Waals surface area contributed by atoms with Gasteiger partial charge in [-0.2, -0.15) is 0 Å². The molecule has 1 aromatic rings. The van der Waals surface area contributed by atoms with Crippen LogP contribution in [0.3, 0.4) is 0 Å². The van der Waals surface area contributed by atoms with Crippen LogP contribution >= 0.6 is 0 Å². The van der Waals surface area contributed by atoms with E-state index in [1.54, 1.807) is 62.1 Å². The highest BCUT2D eigenvalue weighted by Gasteiger charge is 2.43. The quantitative estimate of drug-likeness (QED) is 0.0846. The molecule has 17 heteroatoms. The van der Waals surface area contributed by atoms with E-state index in [4.69, 9.17) is 20.0 Å². The van der Waals surface area contributed by atoms with E-state index in [1.807, 2.05) is 74.4 Å². The lowest BCUT2D eigenvalue weighted by Gasteiger charge is -2.41. The Kier molecular flexibility index (Phi) is 23.4. The van der Waals surface area contributed by atoms with Gasteiger partial charge in [-0.3, -0.25) is 38.5 Å². The summed E-state index contributed by atoms with van der Waals surface area (Å²) in [6, 6.07) is 3.23. The number of nitrogens with zero attached hydrogens (tertiary/aromatic N) is 3. The summed E-state index contributed by atoms with van der Waals surface area (Å²) < 4.78 is 12.0. The number of carbonyl (C=O) groups excluding carboxylic acids is 6. The molecular weight excluding hydrogens is 821 g/mol. The molecule has 0 spiro atoms. The molecule has 1 aliphatic rings. The van der Waals surface area contributed by atoms with Crippen molar-refractivity contribution in [1.29, 1.82) is 0 Å². The van der Waals surface area contributed by atoms with E-state index in [1.165, 1.54) is 7.11 Å². The van der Waals surface area contributed by atoms with Crippen molar-refractivity contribution < 1.29 is 43.1 Å². The van der Waals surface area contributed by atoms with E-state index in [9.17, 15) is 28.8 Å². The Morgan fingerprint density at radius 1 is 0.828 bits per heavy atom. The average molecular weight is 903 g/mol. The van der Waals surface area contributed by atoms with Crippen LogP contribution in [0.5, 0.6) is 0 Å². The number of benzene rings is 1. The number of likely N-dealkylation sites (tertiary alicyclic amines) is 1. The first-order valence-electron chi connectivity index (χ1n) is 23.0. The molecule has 1 heterocycles. The van der Waals surface area contributed by atoms with Gasteiger partial charge >= 0.3 is 0 Å². The normalized spacial score (nSPS) is 18.4. The van der Waals surface area contributed by atoms with Gasteiger partial charge in [-0.05, 0) is 81.6 Å². The summed E-state index contributed by atoms with van der Waals surface area (Å²) in [6.45, 7) is 19.5. The van der Waals surface area contributed by atoms with Crippen LogP contribution in [0.1, 0.15) is 107 Å². The summed E-state index contributed by atoms with van der Waals surface area (Å²) >= 11 is 0. The lowest BCUT2D eigenvalue weighted by molar-refractivity contribution is -0.148. The number of hydrogen-bond acceptors (Lipinski definition) is 11. The van der Waals surface area contributed by atoms with Gasteiger partial charge in [0.1, 0.15) is 12.1 Å². The van der Waals surface area contributed by atoms with Gasteiger partial charge < -0.3 is 41.0 Å². The molecule has 0 bridgehead atoms. The zero-order valence-electron chi connectivity index (χ0n) is 41.4. The van der Waals surface area contributed by atoms with Crippen molar-refractivity contribution in [3.63, 3.8) is 0 Å². The molecule has 0 saturated carbocycles. The lowest BCUT2D eigenvalue weighted by Crippen LogP contribution is -2.59. The molecule has 6 amide bonds. The Hall–Kier alpha value is -4.16. The van der Waals surface area contributed by atoms with E-state index in [2.05, 4.69) is 21.4 Å². The van der Waals surface area contributed by atoms with E-state index < -0.39 is 66.2 Å². The lowest BCUT2D eigenvalue weighted by atomic mass is 9.89. The maximum Gasteiger partial charge on any atom is 0.266 e. The minimum Gasteiger partial charge on any atom is -0.379 e. The van der Waals surface area contributed by atoms with Gasteiger partial charge in [0, 0.05) is 33.5 Å². The number of nitrogens with one attached hydrogen (secondary N) is 4. The van der Waals surface area contributed by atoms with Gasteiger partial charge in [-0.15, -0.1) is 0 Å². The molecule has 1 fully saturated rings. The minimum atomic E-state index is -0.905. The molecule has 64 heavy (non-hydrogen) atoms. The monoisotopic (exact) mass is 903 g/mol. The Balaban J connectivity index is 2.20. The first-order chi connectivity index (χ1) is 30.0. The highest BCUT2D eigenvalue weighted by molar-refractivity contribution is 5.94. The van der Waals surface area contributed by atoms with Crippen LogP contribution in [0, 0.1) is 29.6 Å². The van der Waals surface area contributed by atoms with Crippen molar-refractivity contribution in [2.75, 3.05) is 47.2 Å². The number of likely N-dealkylation sites (N-methyl/N-ethyl adjacent to an activating group) is 2. The maximum atomic E-state index is 14.3. The van der Waals surface area contributed by atoms with E-state index in [0.29, 0.717) is 37.9 Å². The molecule has 364 valence electrons. The summed E-state index contributed by atoms with van der Waals surface area (Å²) in [7, 11) is 8.47. The van der Waals surface area contributed by atoms with Crippen molar-refractivity contribution in [2.45, 2.75) is 156 Å². The molecule has 10 atom stereocenters. The Bertz CT molecular complexity index is 1650. The molecule has 0 unspecified atom stereocenters. The number of nitrogens with two attached hydrogens (primary N) is 1. The van der Waals surface area contributed by atoms with Crippen molar-refractivity contribution in [1.82, 2.24) is 30.8 Å². The second kappa shape index (κ2) is 26.7. The van der Waals surface area contributed by atoms with Crippen LogP contribution in [-0.2, 0) is 49.7 Å². The third kappa shape index (κ3) is 16.1. The smallest absolute Gasteiger partial charge is 0.266 e. The standard InChI is InChI=1S/C47H82N8O9/c1-16-30(8)41(54(13)47(61)39(28(4)5)51-46(60)40(29(6)7)53(11)12)37(62-14)25-38(56)55-23-17-18-36(55)42(63-15)31(9)43(57)50-35(24-27(2)3)45(59)52-64-26-33-19-21-34(22-20-33)49-44(58)32(10)48/h19-22,27-32,35-37,39-42H,16-18,23-26,48H2,1-15H3,(H,49,58)(H,50,57)(H,51,60)(H,52,59)/t30-,31+,32+,35-,36-,37+,39-,40-,41-,42+/m0/s1. The van der Waals surface area contributed by atoms with Gasteiger partial charge in [-0.25, -0.2) is 5.48 Å². The van der Waals surface area contributed by atoms with Crippen molar-refractivity contribution in [3.8, 4) is 0 Å². The van der Waals surface area contributed by atoms with Crippen LogP contribution in [0.2, 0.25) is 0 Å². The van der Waals surface area contributed by atoms with Crippen LogP contribution in [0.4, 0.5) is 5.69 Å². The predicted octanol–water partition coefficient (Wildman–Crippen LogP) is 3.70. The van der Waals surface area contributed by atoms with Gasteiger partial charge in [0.25, 0.3) is 5.91 Å². The summed E-state index contributed by atoms with van der Waals surface area (Å²) in [5.74, 6) is -2.80. The number of ether oxygens (including phenoxy) is 2. The number of hydroxylamine groups is 1. The number of anilines is 1. The molecule has 1 aliphatic heterocycles. The minimum absolute atomic E-state index is 0.0176. The first kappa shape index (κ1) is 56.0. The molecule has 0 aromatic heterocycles. The molecular formula is C47H82N8O9. The molecule has 2 rings (SSSR count). The van der Waals surface area contributed by atoms with Gasteiger partial charge in [0.2, 0.25) is 29.5 Å². The summed E-state index contributed by atoms with van der Waals surface area (Å²) in [5.41, 5.74) is 9.42. The zero-order chi connectivity index (χ0) is 48.6. The second-order valence-electron chi connectivity index (χ2n) is 18.9. The molecule has 0 radical (unpaired) electrons. The summed E-state index contributed by atoms with van der Waals surface area (Å²) in [4.78, 5) is 92.1. The summed E-state index contributed by atoms with van der Waals surface area (Å²) in [6.07, 6.45) is 0.996. The molecule has 0 aliphatic carbocycles. The van der Waals surface area contributed by atoms with E-state index >= 15 is 0 Å². The number of methoxy groups -OCH3 is 2. The van der Waals surface area contributed by atoms with Crippen molar-refractivity contribution in [3.05, 3.63) is 29.8 Å². The fourth-order valence-electron chi connectivity index (χ4n) is 8.62. The van der Waals surface area contributed by atoms with Gasteiger partial charge in [0.05, 0.1) is 55.3 Å². The maximum absolute atomic E-state index is 14.3. The van der Waals surface area contributed by atoms with Crippen LogP contribution in [-0.4, -0.2) is 141 Å². The fraction of sp³-hybridized carbons (Fsp3) is 0.745. The Morgan fingerprint density at radius 3 is 1.95 bits per heavy atom. The van der Waals surface area contributed by atoms with Crippen molar-refractivity contribution in [2.24, 2.45) is 35.3 Å². The summed E-state index contributed by atoms with van der Waals surface area (Å²) in [5, 5.41) is 8.65. The molecule has 6 N–H and O–H groups in total. The highest BCUT2D eigenvalue weighted by Crippen LogP contribution is 2.30. The first-order valence-corrected chi connectivity index (χ1v) is 23.0. The largest absolute Gasteiger partial charge is 0.379 e. The topological polar surface area (TPSA) is 214 Å². The molecule has 1 aromatic carbocycles.